The second-order valence-electron chi connectivity index (χ2n) is 10.4. The third-order valence-corrected chi connectivity index (χ3v) is 8.96. The summed E-state index contributed by atoms with van der Waals surface area (Å²) in [5, 5.41) is 28.7. The Morgan fingerprint density at radius 2 is 2.02 bits per heavy atom. The number of aliphatic hydroxyl groups excluding tert-OH is 2. The number of nitrogen functional groups attached to an aromatic ring is 1. The molecule has 5 rings (SSSR count). The van der Waals surface area contributed by atoms with Gasteiger partial charge < -0.3 is 29.9 Å². The molecule has 1 aliphatic carbocycles. The van der Waals surface area contributed by atoms with Crippen molar-refractivity contribution in [2.75, 3.05) is 18.9 Å². The van der Waals surface area contributed by atoms with Crippen LogP contribution in [-0.2, 0) is 23.4 Å². The van der Waals surface area contributed by atoms with Gasteiger partial charge in [0.05, 0.1) is 18.9 Å². The fourth-order valence-corrected chi connectivity index (χ4v) is 6.28. The van der Waals surface area contributed by atoms with Gasteiger partial charge >= 0.3 is 13.7 Å². The number of aliphatic hydroxyl groups is 2. The first kappa shape index (κ1) is 28.5. The van der Waals surface area contributed by atoms with E-state index in [0.717, 1.165) is 19.3 Å². The number of hydrogen-bond donors (Lipinski definition) is 4. The smallest absolute Gasteiger partial charge is 0.459 e. The van der Waals surface area contributed by atoms with E-state index in [4.69, 9.17) is 24.3 Å². The Morgan fingerprint density at radius 1 is 1.27 bits per heavy atom. The van der Waals surface area contributed by atoms with Crippen LogP contribution in [0.1, 0.15) is 44.9 Å². The van der Waals surface area contributed by atoms with Crippen molar-refractivity contribution in [3.8, 4) is 5.75 Å². The number of para-hydroxylation sites is 1. The third kappa shape index (κ3) is 5.85. The van der Waals surface area contributed by atoms with Gasteiger partial charge in [0, 0.05) is 0 Å². The minimum absolute atomic E-state index is 0.237. The number of nitrogens with zero attached hydrogens (tertiary/aromatic N) is 3. The number of nitrogens with two attached hydrogens (primary N) is 1. The zero-order valence-electron chi connectivity index (χ0n) is 22.3. The highest BCUT2D eigenvalue weighted by atomic mass is 31.2. The second-order valence-corrected chi connectivity index (χ2v) is 12.1. The first-order chi connectivity index (χ1) is 19.1. The molecular formula is C26H34N5O8P. The highest BCUT2D eigenvalue weighted by Crippen LogP contribution is 2.48. The summed E-state index contributed by atoms with van der Waals surface area (Å²) in [6, 6.07) is 10.6. The van der Waals surface area contributed by atoms with Crippen molar-refractivity contribution in [1.29, 1.82) is 0 Å². The highest BCUT2D eigenvalue weighted by Gasteiger charge is 2.54. The lowest BCUT2D eigenvalue weighted by molar-refractivity contribution is -0.147. The van der Waals surface area contributed by atoms with Crippen LogP contribution in [0.15, 0.2) is 48.8 Å². The number of hydrogen-bond acceptors (Lipinski definition) is 11. The van der Waals surface area contributed by atoms with Gasteiger partial charge in [-0.05, 0) is 56.9 Å². The van der Waals surface area contributed by atoms with Crippen molar-refractivity contribution in [1.82, 2.24) is 19.7 Å². The quantitative estimate of drug-likeness (QED) is 0.194. The molecule has 3 aromatic rings. The van der Waals surface area contributed by atoms with E-state index < -0.39 is 50.3 Å². The predicted molar refractivity (Wildman–Crippen MR) is 143 cm³/mol. The zero-order chi connectivity index (χ0) is 28.5. The van der Waals surface area contributed by atoms with Gasteiger partial charge in [-0.2, -0.15) is 10.2 Å². The SMILES string of the molecule is C[C@H](N[P@](=O)(OC[C@@]1(C)O[C@@H](c2ccc3c(N)ncnn23)[C@H](O)[C@@H]1O)Oc1ccccc1)C(=O)OCC1CCC1. The molecule has 0 bridgehead atoms. The molecule has 0 spiro atoms. The summed E-state index contributed by atoms with van der Waals surface area (Å²) >= 11 is 0. The maximum atomic E-state index is 13.9. The molecule has 1 aliphatic heterocycles. The summed E-state index contributed by atoms with van der Waals surface area (Å²) in [5.74, 6) is 0.236. The molecule has 0 unspecified atom stereocenters. The average molecular weight is 576 g/mol. The number of carbonyl (C=O) groups is 1. The van der Waals surface area contributed by atoms with Gasteiger partial charge in [0.1, 0.15) is 47.5 Å². The number of esters is 1. The Labute approximate surface area is 231 Å². The summed E-state index contributed by atoms with van der Waals surface area (Å²) in [4.78, 5) is 16.6. The minimum Gasteiger partial charge on any atom is -0.464 e. The molecule has 1 aromatic carbocycles. The molecule has 14 heteroatoms. The average Bonchev–Trinajstić information content (AvgIpc) is 3.43. The molecule has 0 amide bonds. The minimum atomic E-state index is -4.22. The van der Waals surface area contributed by atoms with E-state index in [1.165, 1.54) is 24.7 Å². The largest absolute Gasteiger partial charge is 0.464 e. The van der Waals surface area contributed by atoms with Gasteiger partial charge in [0.25, 0.3) is 0 Å². The van der Waals surface area contributed by atoms with Crippen molar-refractivity contribution in [3.05, 3.63) is 54.5 Å². The Hall–Kier alpha value is -3.06. The summed E-state index contributed by atoms with van der Waals surface area (Å²) in [6.07, 6.45) is 0.607. The first-order valence-electron chi connectivity index (χ1n) is 13.1. The van der Waals surface area contributed by atoms with Crippen LogP contribution in [0.25, 0.3) is 5.52 Å². The van der Waals surface area contributed by atoms with Crippen LogP contribution < -0.4 is 15.3 Å². The van der Waals surface area contributed by atoms with Gasteiger partial charge in [-0.1, -0.05) is 24.6 Å². The van der Waals surface area contributed by atoms with E-state index in [-0.39, 0.29) is 11.6 Å². The van der Waals surface area contributed by atoms with Crippen molar-refractivity contribution in [3.63, 3.8) is 0 Å². The van der Waals surface area contributed by atoms with Crippen LogP contribution in [0, 0.1) is 5.92 Å². The molecule has 1 saturated carbocycles. The van der Waals surface area contributed by atoms with Gasteiger partial charge in [0.2, 0.25) is 0 Å². The van der Waals surface area contributed by atoms with Crippen molar-refractivity contribution < 1.29 is 38.1 Å². The number of anilines is 1. The molecule has 2 aromatic heterocycles. The van der Waals surface area contributed by atoms with E-state index in [2.05, 4.69) is 15.2 Å². The molecule has 216 valence electrons. The number of carbonyl (C=O) groups excluding carboxylic acids is 1. The molecule has 1 saturated heterocycles. The van der Waals surface area contributed by atoms with E-state index in [9.17, 15) is 19.6 Å². The maximum Gasteiger partial charge on any atom is 0.459 e. The zero-order valence-corrected chi connectivity index (χ0v) is 23.1. The van der Waals surface area contributed by atoms with Gasteiger partial charge in [-0.3, -0.25) is 9.32 Å². The molecule has 5 N–H and O–H groups in total. The fourth-order valence-electron chi connectivity index (χ4n) is 4.70. The molecular weight excluding hydrogens is 541 g/mol. The highest BCUT2D eigenvalue weighted by molar-refractivity contribution is 7.52. The number of nitrogens with one attached hydrogen (secondary N) is 1. The number of ether oxygens (including phenoxy) is 2. The van der Waals surface area contributed by atoms with Crippen LogP contribution in [-0.4, -0.2) is 67.8 Å². The topological polar surface area (TPSA) is 180 Å². The lowest BCUT2D eigenvalue weighted by atomic mass is 9.86. The molecule has 40 heavy (non-hydrogen) atoms. The lowest BCUT2D eigenvalue weighted by Gasteiger charge is -2.30. The van der Waals surface area contributed by atoms with Crippen LogP contribution >= 0.6 is 7.75 Å². The standard InChI is InChI=1S/C26H34N5O8P/c1-16(25(34)36-13-17-7-6-8-17)30-40(35,39-18-9-4-3-5-10-18)37-14-26(2)23(33)21(32)22(38-26)19-11-12-20-24(27)28-15-29-31(19)20/h3-5,9-12,15-17,21-23,32-33H,6-8,13-14H2,1-2H3,(H,30,35)(H2,27,28,29)/t16-,21-,22-,23-,26+,40-/m0/s1. The summed E-state index contributed by atoms with van der Waals surface area (Å²) < 4.78 is 38.3. The van der Waals surface area contributed by atoms with Crippen molar-refractivity contribution in [2.45, 2.75) is 63.1 Å². The molecule has 0 radical (unpaired) electrons. The monoisotopic (exact) mass is 575 g/mol. The molecule has 2 fully saturated rings. The first-order valence-corrected chi connectivity index (χ1v) is 14.7. The van der Waals surface area contributed by atoms with Crippen LogP contribution in [0.4, 0.5) is 5.82 Å². The molecule has 3 heterocycles. The van der Waals surface area contributed by atoms with E-state index >= 15 is 0 Å². The number of benzene rings is 1. The van der Waals surface area contributed by atoms with E-state index in [1.54, 1.807) is 42.5 Å². The number of aromatic nitrogens is 3. The van der Waals surface area contributed by atoms with Crippen LogP contribution in [0.5, 0.6) is 5.75 Å². The Bertz CT molecular complexity index is 1390. The normalized spacial score (nSPS) is 27.1. The Balaban J connectivity index is 1.31. The van der Waals surface area contributed by atoms with E-state index in [0.29, 0.717) is 23.7 Å². The summed E-state index contributed by atoms with van der Waals surface area (Å²) in [7, 11) is -4.22. The third-order valence-electron chi connectivity index (χ3n) is 7.34. The van der Waals surface area contributed by atoms with Gasteiger partial charge in [0.15, 0.2) is 5.82 Å². The second kappa shape index (κ2) is 11.4. The number of fused-ring (bicyclic) bond motifs is 1. The Morgan fingerprint density at radius 3 is 2.73 bits per heavy atom. The van der Waals surface area contributed by atoms with Crippen LogP contribution in [0.2, 0.25) is 0 Å². The van der Waals surface area contributed by atoms with Gasteiger partial charge in [-0.25, -0.2) is 14.1 Å². The maximum absolute atomic E-state index is 13.9. The Kier molecular flexibility index (Phi) is 8.14. The molecule has 13 nitrogen and oxygen atoms in total. The predicted octanol–water partition coefficient (Wildman–Crippen LogP) is 2.39. The van der Waals surface area contributed by atoms with Crippen molar-refractivity contribution >= 4 is 25.1 Å². The number of rotatable bonds is 11. The van der Waals surface area contributed by atoms with Crippen LogP contribution in [0.3, 0.4) is 0 Å². The summed E-state index contributed by atoms with van der Waals surface area (Å²) in [5.41, 5.74) is 5.35. The fraction of sp³-hybridized carbons (Fsp3) is 0.500. The summed E-state index contributed by atoms with van der Waals surface area (Å²) in [6.45, 7) is 2.87. The molecule has 2 aliphatic rings. The van der Waals surface area contributed by atoms with Gasteiger partial charge in [-0.15, -0.1) is 0 Å². The lowest BCUT2D eigenvalue weighted by Crippen LogP contribution is -2.45. The van der Waals surface area contributed by atoms with Crippen molar-refractivity contribution in [2.24, 2.45) is 5.92 Å². The van der Waals surface area contributed by atoms with E-state index in [1.807, 2.05) is 0 Å². The molecule has 6 atom stereocenters.